The largest absolute Gasteiger partial charge is 0.342 e. The van der Waals surface area contributed by atoms with Crippen LogP contribution in [0.15, 0.2) is 47.4 Å². The fraction of sp³-hybridized carbons (Fsp3) is 0.417. The van der Waals surface area contributed by atoms with E-state index in [-0.39, 0.29) is 28.3 Å². The third-order valence-electron chi connectivity index (χ3n) is 5.66. The summed E-state index contributed by atoms with van der Waals surface area (Å²) in [4.78, 5) is 27.1. The quantitative estimate of drug-likeness (QED) is 0.635. The summed E-state index contributed by atoms with van der Waals surface area (Å²) >= 11 is 6.09. The number of nitrogens with zero attached hydrogens (tertiary/aromatic N) is 1. The van der Waals surface area contributed by atoms with Crippen molar-refractivity contribution in [3.05, 3.63) is 53.1 Å². The van der Waals surface area contributed by atoms with Gasteiger partial charge in [-0.1, -0.05) is 50.6 Å². The Morgan fingerprint density at radius 2 is 1.70 bits per heavy atom. The van der Waals surface area contributed by atoms with E-state index in [0.717, 1.165) is 0 Å². The molecule has 1 saturated heterocycles. The summed E-state index contributed by atoms with van der Waals surface area (Å²) in [5, 5.41) is 3.13. The topological polar surface area (TPSA) is 95.6 Å². The lowest BCUT2D eigenvalue weighted by molar-refractivity contribution is -0.142. The van der Waals surface area contributed by atoms with Crippen LogP contribution in [0.5, 0.6) is 0 Å². The maximum absolute atomic E-state index is 13.0. The van der Waals surface area contributed by atoms with E-state index < -0.39 is 15.4 Å². The molecule has 178 valence electrons. The highest BCUT2D eigenvalue weighted by molar-refractivity contribution is 7.92. The van der Waals surface area contributed by atoms with Gasteiger partial charge in [0, 0.05) is 30.1 Å². The maximum atomic E-state index is 13.0. The van der Waals surface area contributed by atoms with Crippen LogP contribution in [0.1, 0.15) is 39.2 Å². The summed E-state index contributed by atoms with van der Waals surface area (Å²) in [5.41, 5.74) is 0.779. The van der Waals surface area contributed by atoms with E-state index in [1.54, 1.807) is 48.2 Å². The number of benzene rings is 2. The number of carbonyl (C=O) groups excluding carboxylic acids is 2. The number of halogens is 1. The van der Waals surface area contributed by atoms with Gasteiger partial charge in [0.25, 0.3) is 10.0 Å². The fourth-order valence-corrected chi connectivity index (χ4v) is 5.37. The predicted molar refractivity (Wildman–Crippen MR) is 131 cm³/mol. The van der Waals surface area contributed by atoms with Crippen LogP contribution >= 0.6 is 11.6 Å². The molecule has 0 bridgehead atoms. The monoisotopic (exact) mass is 491 g/mol. The number of carbonyl (C=O) groups is 2. The summed E-state index contributed by atoms with van der Waals surface area (Å²) in [6, 6.07) is 11.4. The van der Waals surface area contributed by atoms with Gasteiger partial charge in [0.15, 0.2) is 0 Å². The summed E-state index contributed by atoms with van der Waals surface area (Å²) < 4.78 is 28.5. The van der Waals surface area contributed by atoms with E-state index in [9.17, 15) is 18.0 Å². The Morgan fingerprint density at radius 1 is 1.06 bits per heavy atom. The van der Waals surface area contributed by atoms with Crippen LogP contribution in [-0.2, 0) is 19.6 Å². The first-order chi connectivity index (χ1) is 15.4. The molecule has 2 aromatic rings. The molecule has 0 unspecified atom stereocenters. The first kappa shape index (κ1) is 25.1. The van der Waals surface area contributed by atoms with Gasteiger partial charge in [0.1, 0.15) is 0 Å². The predicted octanol–water partition coefficient (Wildman–Crippen LogP) is 4.67. The van der Waals surface area contributed by atoms with E-state index in [0.29, 0.717) is 42.2 Å². The molecule has 0 atom stereocenters. The number of para-hydroxylation sites is 1. The lowest BCUT2D eigenvalue weighted by Gasteiger charge is -2.35. The smallest absolute Gasteiger partial charge is 0.262 e. The molecule has 0 aromatic heterocycles. The van der Waals surface area contributed by atoms with E-state index >= 15 is 0 Å². The van der Waals surface area contributed by atoms with Crippen LogP contribution in [0, 0.1) is 18.3 Å². The highest BCUT2D eigenvalue weighted by Gasteiger charge is 2.32. The third kappa shape index (κ3) is 6.06. The minimum Gasteiger partial charge on any atom is -0.342 e. The maximum Gasteiger partial charge on any atom is 0.262 e. The number of anilines is 2. The molecule has 9 heteroatoms. The minimum atomic E-state index is -3.91. The zero-order valence-corrected chi connectivity index (χ0v) is 20.9. The number of aryl methyl sites for hydroxylation is 1. The van der Waals surface area contributed by atoms with Gasteiger partial charge in [-0.15, -0.1) is 0 Å². The average molecular weight is 492 g/mol. The van der Waals surface area contributed by atoms with Crippen molar-refractivity contribution in [2.75, 3.05) is 23.1 Å². The van der Waals surface area contributed by atoms with Crippen molar-refractivity contribution in [2.24, 2.45) is 11.3 Å². The van der Waals surface area contributed by atoms with Crippen LogP contribution in [-0.4, -0.2) is 38.2 Å². The number of nitrogens with one attached hydrogen (secondary N) is 2. The van der Waals surface area contributed by atoms with Crippen molar-refractivity contribution in [2.45, 2.75) is 45.4 Å². The van der Waals surface area contributed by atoms with Crippen molar-refractivity contribution in [3.63, 3.8) is 0 Å². The standard InChI is InChI=1S/C24H30ClN3O4S/c1-16-9-10-18(15-21(16)33(31,32)27-20-8-6-5-7-19(20)25)26-22(29)17-11-13-28(14-12-17)23(30)24(2,3)4/h5-10,15,17,27H,11-14H2,1-4H3,(H,26,29). The van der Waals surface area contributed by atoms with Crippen molar-refractivity contribution in [1.29, 1.82) is 0 Å². The molecule has 1 fully saturated rings. The van der Waals surface area contributed by atoms with E-state index in [1.165, 1.54) is 6.07 Å². The van der Waals surface area contributed by atoms with E-state index in [1.807, 2.05) is 20.8 Å². The van der Waals surface area contributed by atoms with Gasteiger partial charge >= 0.3 is 0 Å². The van der Waals surface area contributed by atoms with Gasteiger partial charge in [-0.3, -0.25) is 14.3 Å². The van der Waals surface area contributed by atoms with Gasteiger partial charge in [-0.25, -0.2) is 8.42 Å². The Hall–Kier alpha value is -2.58. The van der Waals surface area contributed by atoms with Crippen LogP contribution < -0.4 is 10.0 Å². The minimum absolute atomic E-state index is 0.0609. The van der Waals surface area contributed by atoms with Crippen LogP contribution in [0.2, 0.25) is 5.02 Å². The highest BCUT2D eigenvalue weighted by Crippen LogP contribution is 2.28. The molecule has 0 aliphatic carbocycles. The molecule has 7 nitrogen and oxygen atoms in total. The highest BCUT2D eigenvalue weighted by atomic mass is 35.5. The zero-order valence-electron chi connectivity index (χ0n) is 19.3. The summed E-state index contributed by atoms with van der Waals surface area (Å²) in [6.45, 7) is 8.41. The number of likely N-dealkylation sites (tertiary alicyclic amines) is 1. The zero-order chi connectivity index (χ0) is 24.4. The molecule has 3 rings (SSSR count). The first-order valence-electron chi connectivity index (χ1n) is 10.9. The van der Waals surface area contributed by atoms with Gasteiger partial charge < -0.3 is 10.2 Å². The van der Waals surface area contributed by atoms with Crippen molar-refractivity contribution in [1.82, 2.24) is 4.90 Å². The molecule has 1 aliphatic rings. The molecule has 2 aromatic carbocycles. The number of hydrogen-bond donors (Lipinski definition) is 2. The number of piperidine rings is 1. The molecule has 0 spiro atoms. The SMILES string of the molecule is Cc1ccc(NC(=O)C2CCN(C(=O)C(C)(C)C)CC2)cc1S(=O)(=O)Nc1ccccc1Cl. The fourth-order valence-electron chi connectivity index (χ4n) is 3.77. The molecule has 0 radical (unpaired) electrons. The molecule has 1 aliphatic heterocycles. The van der Waals surface area contributed by atoms with Crippen LogP contribution in [0.3, 0.4) is 0 Å². The second-order valence-electron chi connectivity index (χ2n) is 9.37. The normalized spacial score (nSPS) is 15.2. The van der Waals surface area contributed by atoms with E-state index in [4.69, 9.17) is 11.6 Å². The lowest BCUT2D eigenvalue weighted by Crippen LogP contribution is -2.45. The molecule has 2 amide bonds. The van der Waals surface area contributed by atoms with Crippen molar-refractivity contribution >= 4 is 44.8 Å². The Morgan fingerprint density at radius 3 is 2.30 bits per heavy atom. The Bertz CT molecular complexity index is 1150. The second-order valence-corrected chi connectivity index (χ2v) is 11.4. The Kier molecular flexibility index (Phi) is 7.39. The summed E-state index contributed by atoms with van der Waals surface area (Å²) in [7, 11) is -3.91. The van der Waals surface area contributed by atoms with Crippen molar-refractivity contribution in [3.8, 4) is 0 Å². The van der Waals surface area contributed by atoms with Crippen LogP contribution in [0.4, 0.5) is 11.4 Å². The molecule has 1 heterocycles. The number of rotatable bonds is 5. The molecule has 2 N–H and O–H groups in total. The van der Waals surface area contributed by atoms with Crippen molar-refractivity contribution < 1.29 is 18.0 Å². The van der Waals surface area contributed by atoms with Gasteiger partial charge in [0.05, 0.1) is 15.6 Å². The lowest BCUT2D eigenvalue weighted by atomic mass is 9.90. The summed E-state index contributed by atoms with van der Waals surface area (Å²) in [5.74, 6) is -0.332. The average Bonchev–Trinajstić information content (AvgIpc) is 2.75. The Labute approximate surface area is 200 Å². The van der Waals surface area contributed by atoms with Gasteiger partial charge in [-0.2, -0.15) is 0 Å². The van der Waals surface area contributed by atoms with Gasteiger partial charge in [0.2, 0.25) is 11.8 Å². The molecular weight excluding hydrogens is 462 g/mol. The second kappa shape index (κ2) is 9.73. The molecular formula is C24H30ClN3O4S. The van der Waals surface area contributed by atoms with Crippen LogP contribution in [0.25, 0.3) is 0 Å². The molecule has 33 heavy (non-hydrogen) atoms. The number of hydrogen-bond acceptors (Lipinski definition) is 4. The molecule has 0 saturated carbocycles. The third-order valence-corrected chi connectivity index (χ3v) is 7.50. The summed E-state index contributed by atoms with van der Waals surface area (Å²) in [6.07, 6.45) is 1.14. The number of amides is 2. The Balaban J connectivity index is 1.69. The van der Waals surface area contributed by atoms with Gasteiger partial charge in [-0.05, 0) is 49.6 Å². The first-order valence-corrected chi connectivity index (χ1v) is 12.7. The van der Waals surface area contributed by atoms with E-state index in [2.05, 4.69) is 10.0 Å². The number of sulfonamides is 1.